The van der Waals surface area contributed by atoms with Crippen LogP contribution in [0, 0.1) is 5.92 Å². The molecule has 0 bridgehead atoms. The van der Waals surface area contributed by atoms with Crippen molar-refractivity contribution in [2.24, 2.45) is 5.92 Å². The van der Waals surface area contributed by atoms with Gasteiger partial charge < -0.3 is 10.2 Å². The summed E-state index contributed by atoms with van der Waals surface area (Å²) in [4.78, 5) is 7.19. The first-order chi connectivity index (χ1) is 15.4. The monoisotopic (exact) mass is 448 g/mol. The number of piperazine rings is 1. The van der Waals surface area contributed by atoms with Crippen molar-refractivity contribution >= 4 is 37.5 Å². The Kier molecular flexibility index (Phi) is 5.39. The molecule has 5 rings (SSSR count). The maximum Gasteiger partial charge on any atom is 0.270 e. The van der Waals surface area contributed by atoms with Crippen molar-refractivity contribution in [2.75, 3.05) is 24.5 Å². The minimum atomic E-state index is -3.80. The predicted octanol–water partition coefficient (Wildman–Crippen LogP) is 4.25. The summed E-state index contributed by atoms with van der Waals surface area (Å²) in [6, 6.07) is 19.2. The highest BCUT2D eigenvalue weighted by Crippen LogP contribution is 2.31. The summed E-state index contributed by atoms with van der Waals surface area (Å²) >= 11 is 0. The fraction of sp³-hybridized carbons (Fsp3) is 0.320. The average molecular weight is 449 g/mol. The van der Waals surface area contributed by atoms with Gasteiger partial charge in [-0.3, -0.25) is 0 Å². The van der Waals surface area contributed by atoms with Crippen molar-refractivity contribution in [3.05, 3.63) is 67.0 Å². The fourth-order valence-electron chi connectivity index (χ4n) is 4.75. The van der Waals surface area contributed by atoms with Crippen molar-refractivity contribution in [3.63, 3.8) is 0 Å². The standard InChI is InChI=1S/C25H28N4O2S/c1-18(2)15-20-16-28(14-13-26-20)22-10-6-11-23-25(22)27-17-29(23)32(30,31)24-12-5-8-19-7-3-4-9-21(19)24/h3-12,17-18,20,26H,13-16H2,1-2H3. The molecule has 4 aromatic rings. The van der Waals surface area contributed by atoms with Gasteiger partial charge >= 0.3 is 0 Å². The summed E-state index contributed by atoms with van der Waals surface area (Å²) in [7, 11) is -3.80. The Balaban J connectivity index is 1.57. The van der Waals surface area contributed by atoms with Crippen molar-refractivity contribution in [2.45, 2.75) is 31.2 Å². The van der Waals surface area contributed by atoms with Gasteiger partial charge in [-0.1, -0.05) is 56.3 Å². The largest absolute Gasteiger partial charge is 0.367 e. The molecule has 1 unspecified atom stereocenters. The molecule has 1 saturated heterocycles. The van der Waals surface area contributed by atoms with Crippen LogP contribution in [0.15, 0.2) is 71.9 Å². The van der Waals surface area contributed by atoms with Crippen LogP contribution < -0.4 is 10.2 Å². The van der Waals surface area contributed by atoms with Crippen LogP contribution >= 0.6 is 0 Å². The first kappa shape index (κ1) is 21.0. The van der Waals surface area contributed by atoms with E-state index in [0.29, 0.717) is 27.8 Å². The van der Waals surface area contributed by atoms with Crippen LogP contribution in [-0.4, -0.2) is 43.1 Å². The lowest BCUT2D eigenvalue weighted by atomic mass is 10.0. The van der Waals surface area contributed by atoms with E-state index in [1.807, 2.05) is 48.5 Å². The number of rotatable bonds is 5. The van der Waals surface area contributed by atoms with Crippen molar-refractivity contribution in [3.8, 4) is 0 Å². The van der Waals surface area contributed by atoms with E-state index in [1.165, 1.54) is 10.3 Å². The third kappa shape index (κ3) is 3.65. The van der Waals surface area contributed by atoms with Crippen LogP contribution in [0.5, 0.6) is 0 Å². The molecular formula is C25H28N4O2S. The van der Waals surface area contributed by atoms with Crippen LogP contribution in [0.1, 0.15) is 20.3 Å². The molecule has 6 nitrogen and oxygen atoms in total. The number of fused-ring (bicyclic) bond motifs is 2. The zero-order chi connectivity index (χ0) is 22.3. The van der Waals surface area contributed by atoms with E-state index >= 15 is 0 Å². The van der Waals surface area contributed by atoms with E-state index in [4.69, 9.17) is 0 Å². The summed E-state index contributed by atoms with van der Waals surface area (Å²) in [6.07, 6.45) is 2.55. The second-order valence-corrected chi connectivity index (χ2v) is 10.7. The molecule has 1 N–H and O–H groups in total. The second kappa shape index (κ2) is 8.22. The number of hydrogen-bond donors (Lipinski definition) is 1. The Morgan fingerprint density at radius 2 is 1.84 bits per heavy atom. The predicted molar refractivity (Wildman–Crippen MR) is 130 cm³/mol. The van der Waals surface area contributed by atoms with E-state index in [-0.39, 0.29) is 0 Å². The van der Waals surface area contributed by atoms with E-state index in [2.05, 4.69) is 29.0 Å². The molecule has 0 amide bonds. The smallest absolute Gasteiger partial charge is 0.270 e. The Labute approximate surface area is 188 Å². The van der Waals surface area contributed by atoms with E-state index in [1.54, 1.807) is 12.1 Å². The normalized spacial score (nSPS) is 17.5. The first-order valence-corrected chi connectivity index (χ1v) is 12.6. The Hall–Kier alpha value is -2.90. The van der Waals surface area contributed by atoms with Gasteiger partial charge in [0.1, 0.15) is 11.8 Å². The molecule has 32 heavy (non-hydrogen) atoms. The van der Waals surface area contributed by atoms with Crippen LogP contribution in [-0.2, 0) is 10.0 Å². The van der Waals surface area contributed by atoms with Crippen LogP contribution in [0.2, 0.25) is 0 Å². The van der Waals surface area contributed by atoms with Gasteiger partial charge in [-0.15, -0.1) is 0 Å². The molecule has 7 heteroatoms. The summed E-state index contributed by atoms with van der Waals surface area (Å²) in [6.45, 7) is 7.14. The highest BCUT2D eigenvalue weighted by molar-refractivity contribution is 7.90. The minimum Gasteiger partial charge on any atom is -0.367 e. The number of para-hydroxylation sites is 1. The second-order valence-electron chi connectivity index (χ2n) is 8.89. The van der Waals surface area contributed by atoms with Gasteiger partial charge in [0.15, 0.2) is 0 Å². The Morgan fingerprint density at radius 1 is 1.06 bits per heavy atom. The van der Waals surface area contributed by atoms with Crippen molar-refractivity contribution in [1.29, 1.82) is 0 Å². The maximum absolute atomic E-state index is 13.7. The molecule has 1 aromatic heterocycles. The Bertz CT molecular complexity index is 1370. The third-order valence-corrected chi connectivity index (χ3v) is 7.88. The fourth-order valence-corrected chi connectivity index (χ4v) is 6.25. The highest BCUT2D eigenvalue weighted by Gasteiger charge is 2.26. The molecular weight excluding hydrogens is 420 g/mol. The zero-order valence-electron chi connectivity index (χ0n) is 18.4. The quantitative estimate of drug-likeness (QED) is 0.494. The lowest BCUT2D eigenvalue weighted by molar-refractivity contribution is 0.388. The third-order valence-electron chi connectivity index (χ3n) is 6.16. The molecule has 3 aromatic carbocycles. The summed E-state index contributed by atoms with van der Waals surface area (Å²) in [5.74, 6) is 0.619. The van der Waals surface area contributed by atoms with Gasteiger partial charge in [-0.05, 0) is 35.9 Å². The SMILES string of the molecule is CC(C)CC1CN(c2cccc3c2ncn3S(=O)(=O)c2cccc3ccccc23)CCN1. The maximum atomic E-state index is 13.7. The lowest BCUT2D eigenvalue weighted by Gasteiger charge is -2.36. The van der Waals surface area contributed by atoms with Crippen molar-refractivity contribution < 1.29 is 8.42 Å². The summed E-state index contributed by atoms with van der Waals surface area (Å²) < 4.78 is 28.7. The molecule has 1 aliphatic heterocycles. The summed E-state index contributed by atoms with van der Waals surface area (Å²) in [5, 5.41) is 5.22. The van der Waals surface area contributed by atoms with Gasteiger partial charge in [0.05, 0.1) is 16.1 Å². The number of imidazole rings is 1. The van der Waals surface area contributed by atoms with Gasteiger partial charge in [-0.2, -0.15) is 0 Å². The van der Waals surface area contributed by atoms with Crippen molar-refractivity contribution in [1.82, 2.24) is 14.3 Å². The van der Waals surface area contributed by atoms with Crippen LogP contribution in [0.4, 0.5) is 5.69 Å². The molecule has 1 atom stereocenters. The average Bonchev–Trinajstić information content (AvgIpc) is 3.23. The van der Waals surface area contributed by atoms with Gasteiger partial charge in [0.25, 0.3) is 10.0 Å². The molecule has 0 radical (unpaired) electrons. The molecule has 1 aliphatic rings. The lowest BCUT2D eigenvalue weighted by Crippen LogP contribution is -2.51. The number of hydrogen-bond acceptors (Lipinski definition) is 5. The molecule has 166 valence electrons. The molecule has 0 saturated carbocycles. The molecule has 1 fully saturated rings. The topological polar surface area (TPSA) is 67.2 Å². The number of aromatic nitrogens is 2. The van der Waals surface area contributed by atoms with Crippen LogP contribution in [0.25, 0.3) is 21.8 Å². The summed E-state index contributed by atoms with van der Waals surface area (Å²) in [5.41, 5.74) is 2.32. The number of benzene rings is 3. The first-order valence-electron chi connectivity index (χ1n) is 11.1. The van der Waals surface area contributed by atoms with Crippen LogP contribution in [0.3, 0.4) is 0 Å². The number of nitrogens with zero attached hydrogens (tertiary/aromatic N) is 3. The Morgan fingerprint density at radius 3 is 2.69 bits per heavy atom. The number of nitrogens with one attached hydrogen (secondary N) is 1. The van der Waals surface area contributed by atoms with Gasteiger partial charge in [-0.25, -0.2) is 17.4 Å². The number of anilines is 1. The van der Waals surface area contributed by atoms with Gasteiger partial charge in [0.2, 0.25) is 0 Å². The highest BCUT2D eigenvalue weighted by atomic mass is 32.2. The minimum absolute atomic E-state index is 0.291. The van der Waals surface area contributed by atoms with E-state index < -0.39 is 10.0 Å². The zero-order valence-corrected chi connectivity index (χ0v) is 19.2. The van der Waals surface area contributed by atoms with Gasteiger partial charge in [0, 0.05) is 31.1 Å². The van der Waals surface area contributed by atoms with E-state index in [9.17, 15) is 8.42 Å². The molecule has 0 aliphatic carbocycles. The van der Waals surface area contributed by atoms with E-state index in [0.717, 1.165) is 42.6 Å². The molecule has 0 spiro atoms. The molecule has 2 heterocycles.